The molecule has 1 aliphatic carbocycles. The molecule has 1 nitrogen and oxygen atoms in total. The van der Waals surface area contributed by atoms with Gasteiger partial charge in [-0.05, 0) is 18.8 Å². The molecule has 0 aliphatic heterocycles. The Hall–Kier alpha value is -0.460. The molecule has 1 rings (SSSR count). The van der Waals surface area contributed by atoms with Gasteiger partial charge in [0.25, 0.3) is 0 Å². The highest BCUT2D eigenvalue weighted by Gasteiger charge is 2.40. The molecule has 1 fully saturated rings. The van der Waals surface area contributed by atoms with Crippen molar-refractivity contribution in [3.8, 4) is 0 Å². The topological polar surface area (TPSA) is 26.0 Å². The minimum atomic E-state index is 0.264. The van der Waals surface area contributed by atoms with Crippen LogP contribution < -0.4 is 5.73 Å². The first-order chi connectivity index (χ1) is 4.07. The van der Waals surface area contributed by atoms with Crippen molar-refractivity contribution in [1.82, 2.24) is 0 Å². The second kappa shape index (κ2) is 1.76. The molecule has 9 heavy (non-hydrogen) atoms. The molecule has 52 valence electrons. The molecule has 0 radical (unpaired) electrons. The zero-order chi connectivity index (χ0) is 7.07. The van der Waals surface area contributed by atoms with E-state index in [2.05, 4.69) is 20.4 Å². The summed E-state index contributed by atoms with van der Waals surface area (Å²) < 4.78 is 0. The molecule has 2 N–H and O–H groups in total. The minimum Gasteiger partial charge on any atom is -0.402 e. The Bertz CT molecular complexity index is 140. The van der Waals surface area contributed by atoms with Gasteiger partial charge in [-0.1, -0.05) is 20.4 Å². The van der Waals surface area contributed by atoms with Gasteiger partial charge in [0.2, 0.25) is 0 Å². The minimum absolute atomic E-state index is 0.264. The summed E-state index contributed by atoms with van der Waals surface area (Å²) in [6.45, 7) is 8.21. The molecule has 1 aliphatic rings. The van der Waals surface area contributed by atoms with E-state index < -0.39 is 0 Å². The maximum absolute atomic E-state index is 5.63. The van der Waals surface area contributed by atoms with Gasteiger partial charge in [-0.3, -0.25) is 0 Å². The second-order valence-corrected chi connectivity index (χ2v) is 3.38. The van der Waals surface area contributed by atoms with Gasteiger partial charge in [-0.25, -0.2) is 0 Å². The first-order valence-corrected chi connectivity index (χ1v) is 3.52. The third kappa shape index (κ3) is 0.752. The molecule has 0 amide bonds. The van der Waals surface area contributed by atoms with Crippen molar-refractivity contribution in [3.05, 3.63) is 12.3 Å². The van der Waals surface area contributed by atoms with Gasteiger partial charge in [0.1, 0.15) is 0 Å². The Balaban J connectivity index is 2.64. The quantitative estimate of drug-likeness (QED) is 0.569. The highest BCUT2D eigenvalue weighted by molar-refractivity contribution is 5.11. The summed E-state index contributed by atoms with van der Waals surface area (Å²) in [4.78, 5) is 0. The lowest BCUT2D eigenvalue weighted by Crippen LogP contribution is -2.39. The van der Waals surface area contributed by atoms with E-state index in [1.54, 1.807) is 0 Å². The molecule has 2 atom stereocenters. The van der Waals surface area contributed by atoms with Crippen molar-refractivity contribution in [1.29, 1.82) is 0 Å². The van der Waals surface area contributed by atoms with Crippen LogP contribution in [0.25, 0.3) is 0 Å². The smallest absolute Gasteiger partial charge is 0.00900 e. The Morgan fingerprint density at radius 3 is 2.33 bits per heavy atom. The van der Waals surface area contributed by atoms with Crippen LogP contribution in [0.15, 0.2) is 12.3 Å². The SMILES string of the molecule is C=C(N)C1(C)CCC1C. The third-order valence-electron chi connectivity index (χ3n) is 2.92. The van der Waals surface area contributed by atoms with Gasteiger partial charge < -0.3 is 5.73 Å². The molecule has 0 aromatic carbocycles. The first kappa shape index (κ1) is 6.66. The summed E-state index contributed by atoms with van der Waals surface area (Å²) in [7, 11) is 0. The van der Waals surface area contributed by atoms with E-state index in [9.17, 15) is 0 Å². The number of hydrogen-bond acceptors (Lipinski definition) is 1. The lowest BCUT2D eigenvalue weighted by molar-refractivity contribution is 0.109. The highest BCUT2D eigenvalue weighted by Crippen LogP contribution is 2.48. The molecular weight excluding hydrogens is 110 g/mol. The van der Waals surface area contributed by atoms with Crippen molar-refractivity contribution in [2.45, 2.75) is 26.7 Å². The van der Waals surface area contributed by atoms with Crippen LogP contribution in [0.2, 0.25) is 0 Å². The average Bonchev–Trinajstić information content (AvgIpc) is 1.82. The van der Waals surface area contributed by atoms with Crippen LogP contribution >= 0.6 is 0 Å². The molecule has 0 aromatic heterocycles. The van der Waals surface area contributed by atoms with E-state index in [-0.39, 0.29) is 5.41 Å². The van der Waals surface area contributed by atoms with Crippen LogP contribution in [0.3, 0.4) is 0 Å². The number of rotatable bonds is 1. The fraction of sp³-hybridized carbons (Fsp3) is 0.750. The Kier molecular flexibility index (Phi) is 1.30. The molecular formula is C8H15N. The normalized spacial score (nSPS) is 41.8. The first-order valence-electron chi connectivity index (χ1n) is 3.52. The summed E-state index contributed by atoms with van der Waals surface area (Å²) in [6.07, 6.45) is 2.54. The van der Waals surface area contributed by atoms with Gasteiger partial charge >= 0.3 is 0 Å². The van der Waals surface area contributed by atoms with Crippen LogP contribution in [0, 0.1) is 11.3 Å². The summed E-state index contributed by atoms with van der Waals surface area (Å²) in [6, 6.07) is 0. The van der Waals surface area contributed by atoms with Crippen molar-refractivity contribution in [2.75, 3.05) is 0 Å². The zero-order valence-corrected chi connectivity index (χ0v) is 6.28. The van der Waals surface area contributed by atoms with Gasteiger partial charge in [-0.15, -0.1) is 0 Å². The predicted molar refractivity (Wildman–Crippen MR) is 39.8 cm³/mol. The lowest BCUT2D eigenvalue weighted by atomic mass is 9.61. The fourth-order valence-corrected chi connectivity index (χ4v) is 1.34. The highest BCUT2D eigenvalue weighted by atomic mass is 14.7. The lowest BCUT2D eigenvalue weighted by Gasteiger charge is -2.45. The van der Waals surface area contributed by atoms with E-state index in [0.717, 1.165) is 11.6 Å². The van der Waals surface area contributed by atoms with E-state index in [4.69, 9.17) is 5.73 Å². The van der Waals surface area contributed by atoms with Crippen molar-refractivity contribution >= 4 is 0 Å². The maximum atomic E-state index is 5.63. The molecule has 0 bridgehead atoms. The molecule has 0 saturated heterocycles. The average molecular weight is 125 g/mol. The van der Waals surface area contributed by atoms with Crippen LogP contribution in [-0.4, -0.2) is 0 Å². The molecule has 1 heteroatoms. The standard InChI is InChI=1S/C8H15N/c1-6-4-5-8(6,3)7(2)9/h6H,2,4-5,9H2,1,3H3. The zero-order valence-electron chi connectivity index (χ0n) is 6.28. The van der Waals surface area contributed by atoms with Gasteiger partial charge in [0.05, 0.1) is 0 Å². The molecule has 0 heterocycles. The largest absolute Gasteiger partial charge is 0.402 e. The van der Waals surface area contributed by atoms with Gasteiger partial charge in [0, 0.05) is 11.1 Å². The summed E-state index contributed by atoms with van der Waals surface area (Å²) >= 11 is 0. The summed E-state index contributed by atoms with van der Waals surface area (Å²) in [5, 5.41) is 0. The van der Waals surface area contributed by atoms with Crippen LogP contribution in [0.4, 0.5) is 0 Å². The van der Waals surface area contributed by atoms with Crippen LogP contribution in [0.1, 0.15) is 26.7 Å². The summed E-state index contributed by atoms with van der Waals surface area (Å²) in [5.41, 5.74) is 6.75. The van der Waals surface area contributed by atoms with Gasteiger partial charge in [-0.2, -0.15) is 0 Å². The maximum Gasteiger partial charge on any atom is 0.00900 e. The predicted octanol–water partition coefficient (Wildman–Crippen LogP) is 1.90. The van der Waals surface area contributed by atoms with E-state index in [0.29, 0.717) is 0 Å². The van der Waals surface area contributed by atoms with Crippen LogP contribution in [-0.2, 0) is 0 Å². The monoisotopic (exact) mass is 125 g/mol. The summed E-state index contributed by atoms with van der Waals surface area (Å²) in [5.74, 6) is 0.745. The van der Waals surface area contributed by atoms with E-state index in [1.807, 2.05) is 0 Å². The molecule has 1 saturated carbocycles. The van der Waals surface area contributed by atoms with Crippen molar-refractivity contribution in [2.24, 2.45) is 17.1 Å². The molecule has 2 unspecified atom stereocenters. The number of allylic oxidation sites excluding steroid dienone is 1. The molecule has 0 spiro atoms. The van der Waals surface area contributed by atoms with Crippen molar-refractivity contribution in [3.63, 3.8) is 0 Å². The van der Waals surface area contributed by atoms with E-state index in [1.165, 1.54) is 12.8 Å². The fourth-order valence-electron chi connectivity index (χ4n) is 1.34. The number of nitrogens with two attached hydrogens (primary N) is 1. The van der Waals surface area contributed by atoms with Crippen LogP contribution in [0.5, 0.6) is 0 Å². The number of hydrogen-bond donors (Lipinski definition) is 1. The third-order valence-corrected chi connectivity index (χ3v) is 2.92. The Morgan fingerprint density at radius 1 is 1.78 bits per heavy atom. The molecule has 0 aromatic rings. The second-order valence-electron chi connectivity index (χ2n) is 3.38. The Morgan fingerprint density at radius 2 is 2.33 bits per heavy atom. The van der Waals surface area contributed by atoms with Crippen molar-refractivity contribution < 1.29 is 0 Å². The van der Waals surface area contributed by atoms with E-state index >= 15 is 0 Å². The van der Waals surface area contributed by atoms with Gasteiger partial charge in [0.15, 0.2) is 0 Å². The Labute approximate surface area is 56.9 Å².